The van der Waals surface area contributed by atoms with Crippen LogP contribution in [0.25, 0.3) is 0 Å². The van der Waals surface area contributed by atoms with Crippen molar-refractivity contribution in [3.05, 3.63) is 48.5 Å². The Hall–Kier alpha value is -1.74. The molecule has 0 bridgehead atoms. The molecule has 1 aliphatic heterocycles. The van der Waals surface area contributed by atoms with Crippen molar-refractivity contribution in [1.82, 2.24) is 0 Å². The molecule has 1 saturated carbocycles. The third-order valence-electron chi connectivity index (χ3n) is 3.93. The van der Waals surface area contributed by atoms with E-state index in [0.717, 1.165) is 30.8 Å². The van der Waals surface area contributed by atoms with Crippen LogP contribution in [0.3, 0.4) is 0 Å². The highest BCUT2D eigenvalue weighted by molar-refractivity contribution is 7.98. The molecule has 2 nitrogen and oxygen atoms in total. The molecular weight excluding hydrogens is 268 g/mol. The van der Waals surface area contributed by atoms with E-state index < -0.39 is 0 Å². The molecule has 2 aromatic rings. The summed E-state index contributed by atoms with van der Waals surface area (Å²) in [5.41, 5.74) is 0. The Balaban J connectivity index is 1.90. The van der Waals surface area contributed by atoms with Crippen LogP contribution < -0.4 is 4.74 Å². The normalized spacial score (nSPS) is 21.2. The van der Waals surface area contributed by atoms with Crippen LogP contribution in [0.4, 0.5) is 0 Å². The molecule has 1 aliphatic carbocycles. The van der Waals surface area contributed by atoms with Crippen molar-refractivity contribution in [2.24, 2.45) is 0 Å². The largest absolute Gasteiger partial charge is 0.447 e. The van der Waals surface area contributed by atoms with Crippen LogP contribution in [-0.2, 0) is 15.7 Å². The molecule has 2 aromatic carbocycles. The first kappa shape index (κ1) is 12.0. The van der Waals surface area contributed by atoms with Crippen molar-refractivity contribution in [2.75, 3.05) is 0 Å². The van der Waals surface area contributed by atoms with Crippen LogP contribution in [0.1, 0.15) is 19.3 Å². The van der Waals surface area contributed by atoms with Gasteiger partial charge in [-0.1, -0.05) is 24.3 Å². The summed E-state index contributed by atoms with van der Waals surface area (Å²) in [5.74, 6) is 2.24. The van der Waals surface area contributed by atoms with Gasteiger partial charge in [-0.2, -0.15) is 0 Å². The fraction of sp³-hybridized carbons (Fsp3) is 0.235. The quantitative estimate of drug-likeness (QED) is 0.741. The Morgan fingerprint density at radius 2 is 1.55 bits per heavy atom. The van der Waals surface area contributed by atoms with Crippen molar-refractivity contribution in [3.63, 3.8) is 0 Å². The molecule has 0 amide bonds. The van der Waals surface area contributed by atoms with E-state index in [9.17, 15) is 4.79 Å². The Bertz CT molecular complexity index is 635. The third kappa shape index (κ3) is 1.77. The van der Waals surface area contributed by atoms with Gasteiger partial charge in [0.1, 0.15) is 0 Å². The minimum absolute atomic E-state index is 0.140. The van der Waals surface area contributed by atoms with Gasteiger partial charge in [-0.25, -0.2) is 0 Å². The van der Waals surface area contributed by atoms with E-state index in [1.165, 1.54) is 9.79 Å². The summed E-state index contributed by atoms with van der Waals surface area (Å²) < 4.78 is 6.00. The van der Waals surface area contributed by atoms with Crippen LogP contribution in [-0.4, -0.2) is 11.0 Å². The number of fused-ring (bicyclic) bond motifs is 2. The fourth-order valence-corrected chi connectivity index (χ4v) is 5.75. The lowest BCUT2D eigenvalue weighted by atomic mass is 10.3. The molecule has 2 aliphatic rings. The van der Waals surface area contributed by atoms with E-state index in [0.29, 0.717) is 5.78 Å². The Labute approximate surface area is 121 Å². The molecule has 0 aromatic heterocycles. The number of ether oxygens (including phenoxy) is 1. The maximum Gasteiger partial charge on any atom is 0.203 e. The Morgan fingerprint density at radius 1 is 0.950 bits per heavy atom. The molecule has 1 fully saturated rings. The monoisotopic (exact) mass is 283 g/mol. The lowest BCUT2D eigenvalue weighted by molar-refractivity contribution is -0.117. The van der Waals surface area contributed by atoms with Crippen molar-refractivity contribution in [2.45, 2.75) is 34.3 Å². The second-order valence-electron chi connectivity index (χ2n) is 5.18. The van der Waals surface area contributed by atoms with Crippen LogP contribution in [0.2, 0.25) is 0 Å². The second kappa shape index (κ2) is 4.67. The highest BCUT2D eigenvalue weighted by atomic mass is 32.2. The maximum atomic E-state index is 12.3. The molecule has 20 heavy (non-hydrogen) atoms. The summed E-state index contributed by atoms with van der Waals surface area (Å²) in [4.78, 5) is 14.6. The average Bonchev–Trinajstić information content (AvgIpc) is 2.90. The molecule has 0 saturated heterocycles. The number of rotatable bonds is 1. The number of carbonyl (C=O) groups excluding carboxylic acids is 1. The van der Waals surface area contributed by atoms with Gasteiger partial charge in [0.05, 0.1) is 10.9 Å². The topological polar surface area (TPSA) is 26.3 Å². The maximum absolute atomic E-state index is 12.3. The number of carbonyl (C=O) groups is 1. The van der Waals surface area contributed by atoms with Gasteiger partial charge in [0.2, 0.25) is 9.79 Å². The molecule has 3 heteroatoms. The first-order chi connectivity index (χ1) is 9.84. The van der Waals surface area contributed by atoms with Gasteiger partial charge < -0.3 is 4.74 Å². The molecule has 0 spiro atoms. The van der Waals surface area contributed by atoms with Crippen molar-refractivity contribution < 1.29 is 9.53 Å². The third-order valence-corrected chi connectivity index (χ3v) is 6.62. The zero-order valence-electron chi connectivity index (χ0n) is 11.0. The van der Waals surface area contributed by atoms with E-state index in [1.54, 1.807) is 0 Å². The highest BCUT2D eigenvalue weighted by Gasteiger charge is 2.48. The first-order valence-electron chi connectivity index (χ1n) is 6.96. The zero-order valence-corrected chi connectivity index (χ0v) is 11.9. The molecule has 1 unspecified atom stereocenters. The summed E-state index contributed by atoms with van der Waals surface area (Å²) >= 11 is 0. The summed E-state index contributed by atoms with van der Waals surface area (Å²) in [6, 6.07) is 16.3. The summed E-state index contributed by atoms with van der Waals surface area (Å²) in [6.45, 7) is 0. The minimum atomic E-state index is -0.174. The number of para-hydroxylation sites is 2. The highest BCUT2D eigenvalue weighted by Crippen LogP contribution is 2.47. The van der Waals surface area contributed by atoms with Gasteiger partial charge in [0.25, 0.3) is 0 Å². The van der Waals surface area contributed by atoms with Crippen LogP contribution in [0, 0.1) is 0 Å². The number of hydrogen-bond acceptors (Lipinski definition) is 2. The minimum Gasteiger partial charge on any atom is -0.447 e. The molecule has 4 rings (SSSR count). The number of ketones is 1. The van der Waals surface area contributed by atoms with E-state index in [2.05, 4.69) is 12.1 Å². The van der Waals surface area contributed by atoms with Crippen molar-refractivity contribution in [1.29, 1.82) is 0 Å². The van der Waals surface area contributed by atoms with Gasteiger partial charge >= 0.3 is 0 Å². The molecule has 100 valence electrons. The summed E-state index contributed by atoms with van der Waals surface area (Å²) in [5, 5.41) is 0.140. The first-order valence-corrected chi connectivity index (χ1v) is 8.25. The van der Waals surface area contributed by atoms with E-state index >= 15 is 0 Å². The van der Waals surface area contributed by atoms with Gasteiger partial charge in [-0.15, -0.1) is 0 Å². The van der Waals surface area contributed by atoms with E-state index in [-0.39, 0.29) is 16.1 Å². The van der Waals surface area contributed by atoms with Crippen molar-refractivity contribution in [3.8, 4) is 11.5 Å². The zero-order chi connectivity index (χ0) is 13.5. The summed E-state index contributed by atoms with van der Waals surface area (Å²) in [6.07, 6.45) is 2.77. The molecular formula is C17H15O2S+. The number of hydrogen-bond donors (Lipinski definition) is 0. The van der Waals surface area contributed by atoms with Gasteiger partial charge in [0.15, 0.2) is 22.5 Å². The van der Waals surface area contributed by atoms with Crippen LogP contribution >= 0.6 is 0 Å². The lowest BCUT2D eigenvalue weighted by Gasteiger charge is -2.22. The van der Waals surface area contributed by atoms with Crippen LogP contribution in [0.5, 0.6) is 11.5 Å². The number of Topliss-reactive ketones (excluding diaryl/α,β-unsaturated/α-hetero) is 1. The molecule has 0 N–H and O–H groups in total. The van der Waals surface area contributed by atoms with Gasteiger partial charge in [-0.3, -0.25) is 4.79 Å². The molecule has 1 atom stereocenters. The van der Waals surface area contributed by atoms with E-state index in [1.807, 2.05) is 36.4 Å². The molecule has 1 heterocycles. The standard InChI is InChI=1S/C17H15O2S/c18-12-6-5-11-15(12)20-16-9-3-1-7-13(16)19-14-8-2-4-10-17(14)20/h1-4,7-10,15H,5-6,11H2/q+1. The van der Waals surface area contributed by atoms with Gasteiger partial charge in [-0.05, 0) is 30.7 Å². The Morgan fingerprint density at radius 3 is 2.10 bits per heavy atom. The second-order valence-corrected chi connectivity index (χ2v) is 7.30. The predicted octanol–water partition coefficient (Wildman–Crippen LogP) is 3.95. The predicted molar refractivity (Wildman–Crippen MR) is 79.5 cm³/mol. The smallest absolute Gasteiger partial charge is 0.203 e. The summed E-state index contributed by atoms with van der Waals surface area (Å²) in [7, 11) is -0.174. The lowest BCUT2D eigenvalue weighted by Crippen LogP contribution is -2.28. The van der Waals surface area contributed by atoms with Crippen LogP contribution in [0.15, 0.2) is 58.3 Å². The Kier molecular flexibility index (Phi) is 2.81. The SMILES string of the molecule is O=C1CCCC1[S+]1c2ccccc2Oc2ccccc21. The average molecular weight is 283 g/mol. The van der Waals surface area contributed by atoms with Crippen molar-refractivity contribution >= 4 is 16.7 Å². The molecule has 0 radical (unpaired) electrons. The fourth-order valence-electron chi connectivity index (χ4n) is 3.01. The van der Waals surface area contributed by atoms with Gasteiger partial charge in [0, 0.05) is 12.8 Å². The number of benzene rings is 2. The van der Waals surface area contributed by atoms with E-state index in [4.69, 9.17) is 4.74 Å².